The smallest absolute Gasteiger partial charge is 0.418 e. The van der Waals surface area contributed by atoms with Crippen molar-refractivity contribution in [3.8, 4) is 0 Å². The highest BCUT2D eigenvalue weighted by Gasteiger charge is 2.34. The molecule has 112 valence electrons. The van der Waals surface area contributed by atoms with Crippen LogP contribution in [0.5, 0.6) is 0 Å². The first-order valence-electron chi connectivity index (χ1n) is 5.88. The molecule has 0 aromatic heterocycles. The molecule has 0 radical (unpaired) electrons. The topological polar surface area (TPSA) is 38.3 Å². The van der Waals surface area contributed by atoms with Gasteiger partial charge in [-0.3, -0.25) is 4.79 Å². The molecule has 0 heterocycles. The molecule has 0 aliphatic carbocycles. The summed E-state index contributed by atoms with van der Waals surface area (Å²) in [7, 11) is 1.23. The first kappa shape index (κ1) is 16.6. The Morgan fingerprint density at radius 3 is 2.45 bits per heavy atom. The molecule has 2 atom stereocenters. The molecular formula is C13H15ClF3NO2. The molecule has 0 saturated heterocycles. The highest BCUT2D eigenvalue weighted by Crippen LogP contribution is 2.37. The van der Waals surface area contributed by atoms with E-state index in [9.17, 15) is 18.0 Å². The predicted octanol–water partition coefficient (Wildman–Crippen LogP) is 3.97. The van der Waals surface area contributed by atoms with E-state index in [0.717, 1.165) is 6.07 Å². The molecule has 0 fully saturated rings. The zero-order chi connectivity index (χ0) is 15.5. The first-order valence-corrected chi connectivity index (χ1v) is 6.25. The summed E-state index contributed by atoms with van der Waals surface area (Å²) in [5.41, 5.74) is -0.987. The van der Waals surface area contributed by atoms with E-state index < -0.39 is 29.7 Å². The third kappa shape index (κ3) is 4.03. The molecule has 0 saturated carbocycles. The number of halogens is 4. The standard InChI is InChI=1S/C13H15ClF3NO2/c1-7(12(19)20-3)8(2)18-11-5-4-9(14)6-10(11)13(15,16)17/h4-8,18H,1-3H3. The Morgan fingerprint density at radius 1 is 1.35 bits per heavy atom. The van der Waals surface area contributed by atoms with Crippen LogP contribution in [-0.2, 0) is 15.7 Å². The van der Waals surface area contributed by atoms with Gasteiger partial charge in [-0.1, -0.05) is 11.6 Å². The Balaban J connectivity index is 3.01. The van der Waals surface area contributed by atoms with Crippen molar-refractivity contribution >= 4 is 23.3 Å². The van der Waals surface area contributed by atoms with Crippen molar-refractivity contribution in [2.45, 2.75) is 26.1 Å². The van der Waals surface area contributed by atoms with Gasteiger partial charge in [0.05, 0.1) is 18.6 Å². The number of hydrogen-bond donors (Lipinski definition) is 1. The molecule has 0 aliphatic heterocycles. The van der Waals surface area contributed by atoms with Gasteiger partial charge in [-0.05, 0) is 32.0 Å². The van der Waals surface area contributed by atoms with Crippen LogP contribution < -0.4 is 5.32 Å². The minimum atomic E-state index is -4.53. The van der Waals surface area contributed by atoms with Gasteiger partial charge in [-0.15, -0.1) is 0 Å². The van der Waals surface area contributed by atoms with Crippen LogP contribution in [0, 0.1) is 5.92 Å². The minimum Gasteiger partial charge on any atom is -0.469 e. The van der Waals surface area contributed by atoms with E-state index in [-0.39, 0.29) is 10.7 Å². The average molecular weight is 310 g/mol. The van der Waals surface area contributed by atoms with Gasteiger partial charge < -0.3 is 10.1 Å². The van der Waals surface area contributed by atoms with Gasteiger partial charge in [-0.2, -0.15) is 13.2 Å². The number of methoxy groups -OCH3 is 1. The number of benzene rings is 1. The number of esters is 1. The fourth-order valence-corrected chi connectivity index (χ4v) is 1.81. The van der Waals surface area contributed by atoms with Gasteiger partial charge >= 0.3 is 12.1 Å². The Labute approximate surface area is 120 Å². The second-order valence-corrected chi connectivity index (χ2v) is 4.87. The number of rotatable bonds is 4. The quantitative estimate of drug-likeness (QED) is 0.855. The molecule has 0 spiro atoms. The van der Waals surface area contributed by atoms with Crippen molar-refractivity contribution in [2.24, 2.45) is 5.92 Å². The molecule has 1 rings (SSSR count). The van der Waals surface area contributed by atoms with Crippen molar-refractivity contribution in [3.05, 3.63) is 28.8 Å². The van der Waals surface area contributed by atoms with Crippen LogP contribution in [0.25, 0.3) is 0 Å². The van der Waals surface area contributed by atoms with Gasteiger partial charge in [0, 0.05) is 16.8 Å². The molecule has 7 heteroatoms. The average Bonchev–Trinajstić information content (AvgIpc) is 2.37. The monoisotopic (exact) mass is 309 g/mol. The summed E-state index contributed by atoms with van der Waals surface area (Å²) in [6, 6.07) is 2.92. The number of nitrogens with one attached hydrogen (secondary N) is 1. The maximum atomic E-state index is 12.9. The van der Waals surface area contributed by atoms with Crippen molar-refractivity contribution in [3.63, 3.8) is 0 Å². The lowest BCUT2D eigenvalue weighted by Crippen LogP contribution is -2.31. The Bertz CT molecular complexity index is 491. The van der Waals surface area contributed by atoms with E-state index in [1.165, 1.54) is 19.2 Å². The molecule has 1 aromatic rings. The number of carbonyl (C=O) groups excluding carboxylic acids is 1. The van der Waals surface area contributed by atoms with Gasteiger partial charge in [0.15, 0.2) is 0 Å². The van der Waals surface area contributed by atoms with E-state index in [1.54, 1.807) is 13.8 Å². The van der Waals surface area contributed by atoms with Gasteiger partial charge in [0.25, 0.3) is 0 Å². The zero-order valence-electron chi connectivity index (χ0n) is 11.2. The fourth-order valence-electron chi connectivity index (χ4n) is 1.64. The molecular weight excluding hydrogens is 295 g/mol. The van der Waals surface area contributed by atoms with E-state index in [4.69, 9.17) is 11.6 Å². The summed E-state index contributed by atoms with van der Waals surface area (Å²) in [6.07, 6.45) is -4.53. The number of carbonyl (C=O) groups is 1. The van der Waals surface area contributed by atoms with Crippen molar-refractivity contribution in [2.75, 3.05) is 12.4 Å². The third-order valence-electron chi connectivity index (χ3n) is 2.99. The van der Waals surface area contributed by atoms with Crippen molar-refractivity contribution in [1.29, 1.82) is 0 Å². The van der Waals surface area contributed by atoms with Crippen LogP contribution in [0.2, 0.25) is 5.02 Å². The van der Waals surface area contributed by atoms with Crippen LogP contribution in [0.3, 0.4) is 0 Å². The predicted molar refractivity (Wildman–Crippen MR) is 70.7 cm³/mol. The van der Waals surface area contributed by atoms with E-state index in [2.05, 4.69) is 10.1 Å². The Kier molecular flexibility index (Phi) is 5.28. The molecule has 0 aliphatic rings. The zero-order valence-corrected chi connectivity index (χ0v) is 12.0. The van der Waals surface area contributed by atoms with Crippen LogP contribution in [0.15, 0.2) is 18.2 Å². The number of hydrogen-bond acceptors (Lipinski definition) is 3. The van der Waals surface area contributed by atoms with E-state index in [1.807, 2.05) is 0 Å². The molecule has 0 bridgehead atoms. The Hall–Kier alpha value is -1.43. The number of alkyl halides is 3. The van der Waals surface area contributed by atoms with E-state index >= 15 is 0 Å². The second kappa shape index (κ2) is 6.35. The summed E-state index contributed by atoms with van der Waals surface area (Å²) in [4.78, 5) is 11.4. The lowest BCUT2D eigenvalue weighted by atomic mass is 10.0. The van der Waals surface area contributed by atoms with Crippen LogP contribution in [0.1, 0.15) is 19.4 Å². The molecule has 0 amide bonds. The maximum Gasteiger partial charge on any atom is 0.418 e. The Morgan fingerprint density at radius 2 is 1.95 bits per heavy atom. The first-order chi connectivity index (χ1) is 9.16. The molecule has 1 aromatic carbocycles. The molecule has 20 heavy (non-hydrogen) atoms. The molecule has 1 N–H and O–H groups in total. The SMILES string of the molecule is COC(=O)C(C)C(C)Nc1ccc(Cl)cc1C(F)(F)F. The summed E-state index contributed by atoms with van der Waals surface area (Å²) in [5.74, 6) is -1.08. The maximum absolute atomic E-state index is 12.9. The lowest BCUT2D eigenvalue weighted by Gasteiger charge is -2.23. The summed E-state index contributed by atoms with van der Waals surface area (Å²) in [6.45, 7) is 3.18. The summed E-state index contributed by atoms with van der Waals surface area (Å²) in [5, 5.41) is 2.68. The molecule has 2 unspecified atom stereocenters. The normalized spacial score (nSPS) is 14.6. The lowest BCUT2D eigenvalue weighted by molar-refractivity contribution is -0.145. The van der Waals surface area contributed by atoms with Crippen LogP contribution in [0.4, 0.5) is 18.9 Å². The largest absolute Gasteiger partial charge is 0.469 e. The van der Waals surface area contributed by atoms with Crippen molar-refractivity contribution < 1.29 is 22.7 Å². The van der Waals surface area contributed by atoms with Crippen LogP contribution >= 0.6 is 11.6 Å². The number of anilines is 1. The summed E-state index contributed by atoms with van der Waals surface area (Å²) >= 11 is 5.59. The minimum absolute atomic E-state index is 0.00320. The number of ether oxygens (including phenoxy) is 1. The third-order valence-corrected chi connectivity index (χ3v) is 3.23. The fraction of sp³-hybridized carbons (Fsp3) is 0.462. The van der Waals surface area contributed by atoms with Crippen molar-refractivity contribution in [1.82, 2.24) is 0 Å². The van der Waals surface area contributed by atoms with Gasteiger partial charge in [-0.25, -0.2) is 0 Å². The second-order valence-electron chi connectivity index (χ2n) is 4.43. The summed E-state index contributed by atoms with van der Waals surface area (Å²) < 4.78 is 43.3. The van der Waals surface area contributed by atoms with E-state index in [0.29, 0.717) is 0 Å². The highest BCUT2D eigenvalue weighted by atomic mass is 35.5. The van der Waals surface area contributed by atoms with Crippen LogP contribution in [-0.4, -0.2) is 19.1 Å². The van der Waals surface area contributed by atoms with Gasteiger partial charge in [0.1, 0.15) is 0 Å². The van der Waals surface area contributed by atoms with Gasteiger partial charge in [0.2, 0.25) is 0 Å². The highest BCUT2D eigenvalue weighted by molar-refractivity contribution is 6.30. The molecule has 3 nitrogen and oxygen atoms in total.